The van der Waals surface area contributed by atoms with Gasteiger partial charge in [0.2, 0.25) is 0 Å². The van der Waals surface area contributed by atoms with Crippen LogP contribution in [0.25, 0.3) is 0 Å². The molecule has 176 valence electrons. The molecular weight excluding hydrogens is 531 g/mol. The standard InChI is InChI=1S/C24H36N6S.HI/c1-2-25-23(26-12-11-22-19-31-24(28-22)30-15-5-6-16-30)27-17-20-7-9-21(10-8-20)18-29-13-3-4-14-29;/h7-10,19H,2-6,11-18H2,1H3,(H2,25,26,27);1H. The fourth-order valence-electron chi connectivity index (χ4n) is 4.23. The summed E-state index contributed by atoms with van der Waals surface area (Å²) in [6, 6.07) is 8.94. The zero-order valence-corrected chi connectivity index (χ0v) is 22.3. The maximum atomic E-state index is 4.81. The van der Waals surface area contributed by atoms with Gasteiger partial charge in [-0.25, -0.2) is 9.98 Å². The van der Waals surface area contributed by atoms with Gasteiger partial charge in [0.15, 0.2) is 11.1 Å². The van der Waals surface area contributed by atoms with E-state index >= 15 is 0 Å². The topological polar surface area (TPSA) is 55.8 Å². The second-order valence-electron chi connectivity index (χ2n) is 8.49. The Kier molecular flexibility index (Phi) is 10.5. The number of benzene rings is 1. The average molecular weight is 569 g/mol. The van der Waals surface area contributed by atoms with E-state index in [1.54, 1.807) is 11.3 Å². The molecule has 2 N–H and O–H groups in total. The van der Waals surface area contributed by atoms with Gasteiger partial charge in [0.1, 0.15) is 0 Å². The summed E-state index contributed by atoms with van der Waals surface area (Å²) in [7, 11) is 0. The van der Waals surface area contributed by atoms with Gasteiger partial charge in [-0.05, 0) is 56.8 Å². The molecular formula is C24H37IN6S. The summed E-state index contributed by atoms with van der Waals surface area (Å²) in [6.07, 6.45) is 6.18. The molecule has 2 aliphatic heterocycles. The number of likely N-dealkylation sites (tertiary alicyclic amines) is 1. The molecule has 2 aliphatic rings. The minimum atomic E-state index is 0. The van der Waals surface area contributed by atoms with Crippen LogP contribution in [-0.2, 0) is 19.5 Å². The van der Waals surface area contributed by atoms with Gasteiger partial charge in [0.05, 0.1) is 12.2 Å². The van der Waals surface area contributed by atoms with E-state index in [2.05, 4.69) is 57.0 Å². The maximum absolute atomic E-state index is 4.81. The lowest BCUT2D eigenvalue weighted by Gasteiger charge is -2.14. The van der Waals surface area contributed by atoms with Crippen molar-refractivity contribution < 1.29 is 0 Å². The van der Waals surface area contributed by atoms with Crippen molar-refractivity contribution in [3.8, 4) is 0 Å². The van der Waals surface area contributed by atoms with E-state index in [-0.39, 0.29) is 24.0 Å². The number of nitrogens with one attached hydrogen (secondary N) is 2. The van der Waals surface area contributed by atoms with E-state index in [0.29, 0.717) is 6.54 Å². The minimum Gasteiger partial charge on any atom is -0.357 e. The van der Waals surface area contributed by atoms with Crippen molar-refractivity contribution in [2.24, 2.45) is 4.99 Å². The van der Waals surface area contributed by atoms with Gasteiger partial charge < -0.3 is 15.5 Å². The highest BCUT2D eigenvalue weighted by Crippen LogP contribution is 2.24. The number of thiazole rings is 1. The Bertz CT molecular complexity index is 825. The van der Waals surface area contributed by atoms with Gasteiger partial charge >= 0.3 is 0 Å². The first-order chi connectivity index (χ1) is 15.3. The second kappa shape index (κ2) is 13.3. The van der Waals surface area contributed by atoms with Crippen LogP contribution < -0.4 is 15.5 Å². The summed E-state index contributed by atoms with van der Waals surface area (Å²) in [5.74, 6) is 0.874. The summed E-state index contributed by atoms with van der Waals surface area (Å²) in [6.45, 7) is 10.4. The zero-order chi connectivity index (χ0) is 21.3. The molecule has 0 saturated carbocycles. The third kappa shape index (κ3) is 7.59. The number of guanidine groups is 1. The van der Waals surface area contributed by atoms with E-state index in [1.807, 2.05) is 0 Å². The molecule has 32 heavy (non-hydrogen) atoms. The molecule has 2 fully saturated rings. The summed E-state index contributed by atoms with van der Waals surface area (Å²) in [5, 5.41) is 10.2. The molecule has 2 aromatic rings. The van der Waals surface area contributed by atoms with Crippen LogP contribution in [0.4, 0.5) is 5.13 Å². The second-order valence-corrected chi connectivity index (χ2v) is 9.32. The van der Waals surface area contributed by atoms with Crippen molar-refractivity contribution in [3.05, 3.63) is 46.5 Å². The van der Waals surface area contributed by atoms with Crippen molar-refractivity contribution in [1.82, 2.24) is 20.5 Å². The highest BCUT2D eigenvalue weighted by molar-refractivity contribution is 14.0. The maximum Gasteiger partial charge on any atom is 0.191 e. The van der Waals surface area contributed by atoms with Crippen molar-refractivity contribution in [2.75, 3.05) is 44.2 Å². The van der Waals surface area contributed by atoms with Crippen LogP contribution in [0.15, 0.2) is 34.6 Å². The van der Waals surface area contributed by atoms with Crippen LogP contribution in [0.3, 0.4) is 0 Å². The predicted octanol–water partition coefficient (Wildman–Crippen LogP) is 4.25. The molecule has 1 aromatic carbocycles. The molecule has 3 heterocycles. The first kappa shape index (κ1) is 25.2. The highest BCUT2D eigenvalue weighted by Gasteiger charge is 2.15. The van der Waals surface area contributed by atoms with Crippen LogP contribution in [0, 0.1) is 0 Å². The van der Waals surface area contributed by atoms with Gasteiger partial charge in [-0.1, -0.05) is 24.3 Å². The SMILES string of the molecule is CCNC(=NCc1ccc(CN2CCCC2)cc1)NCCc1csc(N2CCCC2)n1.I. The van der Waals surface area contributed by atoms with Crippen molar-refractivity contribution in [1.29, 1.82) is 0 Å². The molecule has 0 radical (unpaired) electrons. The number of anilines is 1. The van der Waals surface area contributed by atoms with Crippen LogP contribution in [-0.4, -0.2) is 55.1 Å². The first-order valence-corrected chi connectivity index (χ1v) is 12.7. The van der Waals surface area contributed by atoms with Crippen molar-refractivity contribution >= 4 is 46.4 Å². The third-order valence-corrected chi connectivity index (χ3v) is 6.93. The Hall–Kier alpha value is -1.39. The Balaban J connectivity index is 0.00000289. The molecule has 0 amide bonds. The van der Waals surface area contributed by atoms with Gasteiger partial charge in [0, 0.05) is 44.5 Å². The smallest absolute Gasteiger partial charge is 0.191 e. The fourth-order valence-corrected chi connectivity index (χ4v) is 5.15. The molecule has 0 aliphatic carbocycles. The first-order valence-electron chi connectivity index (χ1n) is 11.8. The molecule has 2 saturated heterocycles. The summed E-state index contributed by atoms with van der Waals surface area (Å²) >= 11 is 1.77. The molecule has 0 unspecified atom stereocenters. The molecule has 1 aromatic heterocycles. The van der Waals surface area contributed by atoms with E-state index in [4.69, 9.17) is 9.98 Å². The Morgan fingerprint density at radius 1 is 1.00 bits per heavy atom. The largest absolute Gasteiger partial charge is 0.357 e. The Morgan fingerprint density at radius 2 is 1.69 bits per heavy atom. The zero-order valence-electron chi connectivity index (χ0n) is 19.2. The molecule has 0 bridgehead atoms. The summed E-state index contributed by atoms with van der Waals surface area (Å²) < 4.78 is 0. The number of hydrogen-bond donors (Lipinski definition) is 2. The molecule has 0 atom stereocenters. The van der Waals surface area contributed by atoms with E-state index in [1.165, 1.54) is 60.7 Å². The lowest BCUT2D eigenvalue weighted by Crippen LogP contribution is -2.38. The third-order valence-electron chi connectivity index (χ3n) is 5.98. The van der Waals surface area contributed by atoms with Crippen molar-refractivity contribution in [2.45, 2.75) is 52.1 Å². The highest BCUT2D eigenvalue weighted by atomic mass is 127. The molecule has 8 heteroatoms. The van der Waals surface area contributed by atoms with Crippen molar-refractivity contribution in [3.63, 3.8) is 0 Å². The molecule has 4 rings (SSSR count). The number of aromatic nitrogens is 1. The minimum absolute atomic E-state index is 0. The Labute approximate surface area is 213 Å². The fraction of sp³-hybridized carbons (Fsp3) is 0.583. The molecule has 6 nitrogen and oxygen atoms in total. The lowest BCUT2D eigenvalue weighted by molar-refractivity contribution is 0.331. The van der Waals surface area contributed by atoms with E-state index < -0.39 is 0 Å². The summed E-state index contributed by atoms with van der Waals surface area (Å²) in [4.78, 5) is 14.5. The predicted molar refractivity (Wildman–Crippen MR) is 146 cm³/mol. The number of rotatable bonds is 9. The normalized spacial score (nSPS) is 16.9. The number of halogens is 1. The number of aliphatic imine (C=N–C) groups is 1. The Morgan fingerprint density at radius 3 is 2.41 bits per heavy atom. The lowest BCUT2D eigenvalue weighted by atomic mass is 10.1. The quantitative estimate of drug-likeness (QED) is 0.269. The van der Waals surface area contributed by atoms with Crippen LogP contribution >= 0.6 is 35.3 Å². The van der Waals surface area contributed by atoms with Crippen LogP contribution in [0.2, 0.25) is 0 Å². The van der Waals surface area contributed by atoms with Gasteiger partial charge in [-0.15, -0.1) is 35.3 Å². The average Bonchev–Trinajstić information content (AvgIpc) is 3.55. The van der Waals surface area contributed by atoms with Crippen LogP contribution in [0.5, 0.6) is 0 Å². The van der Waals surface area contributed by atoms with Gasteiger partial charge in [-0.2, -0.15) is 0 Å². The number of nitrogens with zero attached hydrogens (tertiary/aromatic N) is 4. The monoisotopic (exact) mass is 568 g/mol. The van der Waals surface area contributed by atoms with E-state index in [0.717, 1.165) is 45.1 Å². The van der Waals surface area contributed by atoms with Crippen LogP contribution in [0.1, 0.15) is 49.4 Å². The number of hydrogen-bond acceptors (Lipinski definition) is 5. The van der Waals surface area contributed by atoms with E-state index in [9.17, 15) is 0 Å². The van der Waals surface area contributed by atoms with Gasteiger partial charge in [-0.3, -0.25) is 4.90 Å². The molecule has 0 spiro atoms. The van der Waals surface area contributed by atoms with Gasteiger partial charge in [0.25, 0.3) is 0 Å². The summed E-state index contributed by atoms with van der Waals surface area (Å²) in [5.41, 5.74) is 3.82.